The summed E-state index contributed by atoms with van der Waals surface area (Å²) in [5.41, 5.74) is 1.45. The third-order valence-corrected chi connectivity index (χ3v) is 5.56. The molecular formula is C18H24N2S. The van der Waals surface area contributed by atoms with Crippen molar-refractivity contribution in [1.29, 1.82) is 0 Å². The van der Waals surface area contributed by atoms with E-state index >= 15 is 0 Å². The summed E-state index contributed by atoms with van der Waals surface area (Å²) in [6.07, 6.45) is 7.19. The molecule has 1 saturated heterocycles. The quantitative estimate of drug-likeness (QED) is 0.801. The zero-order chi connectivity index (χ0) is 14.7. The van der Waals surface area contributed by atoms with Crippen molar-refractivity contribution in [3.63, 3.8) is 0 Å². The van der Waals surface area contributed by atoms with Crippen LogP contribution in [0, 0.1) is 0 Å². The van der Waals surface area contributed by atoms with Crippen LogP contribution in [-0.4, -0.2) is 17.6 Å². The van der Waals surface area contributed by atoms with Crippen molar-refractivity contribution >= 4 is 16.3 Å². The van der Waals surface area contributed by atoms with Crippen molar-refractivity contribution in [1.82, 2.24) is 4.98 Å². The number of anilines is 1. The van der Waals surface area contributed by atoms with Crippen LogP contribution >= 0.6 is 11.3 Å². The second kappa shape index (κ2) is 6.61. The van der Waals surface area contributed by atoms with Crippen molar-refractivity contribution in [2.75, 3.05) is 11.4 Å². The van der Waals surface area contributed by atoms with Gasteiger partial charge in [-0.2, -0.15) is 0 Å². The lowest BCUT2D eigenvalue weighted by atomic mass is 9.96. The molecular weight excluding hydrogens is 276 g/mol. The summed E-state index contributed by atoms with van der Waals surface area (Å²) in [6, 6.07) is 11.5. The van der Waals surface area contributed by atoms with Gasteiger partial charge in [-0.15, -0.1) is 11.3 Å². The van der Waals surface area contributed by atoms with Crippen molar-refractivity contribution in [2.24, 2.45) is 0 Å². The van der Waals surface area contributed by atoms with Gasteiger partial charge in [-0.25, -0.2) is 4.98 Å². The molecule has 0 bridgehead atoms. The minimum Gasteiger partial charge on any atom is -0.359 e. The second-order valence-electron chi connectivity index (χ2n) is 6.22. The fraction of sp³-hybridized carbons (Fsp3) is 0.500. The Kier molecular flexibility index (Phi) is 4.59. The van der Waals surface area contributed by atoms with E-state index in [0.717, 1.165) is 6.42 Å². The minimum atomic E-state index is 0.529. The molecule has 0 N–H and O–H groups in total. The molecule has 0 aliphatic carbocycles. The van der Waals surface area contributed by atoms with Gasteiger partial charge in [0.25, 0.3) is 0 Å². The molecule has 2 nitrogen and oxygen atoms in total. The van der Waals surface area contributed by atoms with E-state index in [0.29, 0.717) is 12.0 Å². The van der Waals surface area contributed by atoms with E-state index in [4.69, 9.17) is 0 Å². The van der Waals surface area contributed by atoms with Crippen LogP contribution in [-0.2, 0) is 6.42 Å². The van der Waals surface area contributed by atoms with E-state index in [9.17, 15) is 0 Å². The average molecular weight is 300 g/mol. The van der Waals surface area contributed by atoms with Crippen LogP contribution in [0.2, 0.25) is 0 Å². The first-order chi connectivity index (χ1) is 10.2. The van der Waals surface area contributed by atoms with Crippen molar-refractivity contribution in [2.45, 2.75) is 51.5 Å². The normalized spacial score (nSPS) is 19.2. The van der Waals surface area contributed by atoms with Gasteiger partial charge in [0.05, 0.1) is 11.2 Å². The Labute approximate surface area is 131 Å². The van der Waals surface area contributed by atoms with Gasteiger partial charge >= 0.3 is 0 Å². The molecule has 0 amide bonds. The van der Waals surface area contributed by atoms with Crippen molar-refractivity contribution < 1.29 is 0 Å². The molecule has 2 aromatic rings. The lowest BCUT2D eigenvalue weighted by Crippen LogP contribution is -2.40. The van der Waals surface area contributed by atoms with Crippen LogP contribution in [0.1, 0.15) is 49.6 Å². The standard InChI is InChI=1S/C18H24N2S/c1-14(2)18-19-13-17(21-18)20-11-7-6-10-16(20)12-15-8-4-3-5-9-15/h3-5,8-9,13-14,16H,6-7,10-12H2,1-2H3. The summed E-state index contributed by atoms with van der Waals surface area (Å²) >= 11 is 1.88. The summed E-state index contributed by atoms with van der Waals surface area (Å²) < 4.78 is 0. The Bertz CT molecular complexity index is 562. The Morgan fingerprint density at radius 1 is 1.24 bits per heavy atom. The van der Waals surface area contributed by atoms with E-state index in [1.807, 2.05) is 11.3 Å². The topological polar surface area (TPSA) is 16.1 Å². The predicted molar refractivity (Wildman–Crippen MR) is 91.3 cm³/mol. The minimum absolute atomic E-state index is 0.529. The van der Waals surface area contributed by atoms with Gasteiger partial charge in [0.15, 0.2) is 0 Å². The van der Waals surface area contributed by atoms with Gasteiger partial charge in [0, 0.05) is 18.5 Å². The molecule has 1 aromatic heterocycles. The first-order valence-corrected chi connectivity index (χ1v) is 8.82. The van der Waals surface area contributed by atoms with E-state index in [1.165, 1.54) is 41.4 Å². The summed E-state index contributed by atoms with van der Waals surface area (Å²) in [5.74, 6) is 0.529. The Morgan fingerprint density at radius 2 is 2.05 bits per heavy atom. The molecule has 1 unspecified atom stereocenters. The largest absolute Gasteiger partial charge is 0.359 e. The van der Waals surface area contributed by atoms with Gasteiger partial charge in [0.2, 0.25) is 0 Å². The highest BCUT2D eigenvalue weighted by atomic mass is 32.1. The molecule has 3 rings (SSSR count). The van der Waals surface area contributed by atoms with Crippen molar-refractivity contribution in [3.05, 3.63) is 47.1 Å². The first kappa shape index (κ1) is 14.6. The molecule has 1 atom stereocenters. The number of piperidine rings is 1. The smallest absolute Gasteiger partial charge is 0.112 e. The summed E-state index contributed by atoms with van der Waals surface area (Å²) in [4.78, 5) is 7.21. The Balaban J connectivity index is 1.77. The average Bonchev–Trinajstić information content (AvgIpc) is 2.99. The molecule has 1 aliphatic rings. The molecule has 1 aromatic carbocycles. The molecule has 21 heavy (non-hydrogen) atoms. The highest BCUT2D eigenvalue weighted by molar-refractivity contribution is 7.15. The number of hydrogen-bond donors (Lipinski definition) is 0. The second-order valence-corrected chi connectivity index (χ2v) is 7.26. The summed E-state index contributed by atoms with van der Waals surface area (Å²) in [6.45, 7) is 5.62. The lowest BCUT2D eigenvalue weighted by molar-refractivity contribution is 0.459. The van der Waals surface area contributed by atoms with Crippen LogP contribution in [0.15, 0.2) is 36.5 Å². The van der Waals surface area contributed by atoms with Crippen LogP contribution < -0.4 is 4.90 Å². The fourth-order valence-electron chi connectivity index (χ4n) is 3.07. The van der Waals surface area contributed by atoms with E-state index in [1.54, 1.807) is 0 Å². The molecule has 0 radical (unpaired) electrons. The summed E-state index contributed by atoms with van der Waals surface area (Å²) in [7, 11) is 0. The molecule has 1 fully saturated rings. The molecule has 1 aliphatic heterocycles. The van der Waals surface area contributed by atoms with Crippen LogP contribution in [0.5, 0.6) is 0 Å². The van der Waals surface area contributed by atoms with Gasteiger partial charge in [-0.1, -0.05) is 44.2 Å². The highest BCUT2D eigenvalue weighted by Gasteiger charge is 2.24. The fourth-order valence-corrected chi connectivity index (χ4v) is 4.09. The predicted octanol–water partition coefficient (Wildman–Crippen LogP) is 4.87. The third-order valence-electron chi connectivity index (χ3n) is 4.23. The molecule has 112 valence electrons. The number of nitrogens with zero attached hydrogens (tertiary/aromatic N) is 2. The van der Waals surface area contributed by atoms with Gasteiger partial charge in [-0.3, -0.25) is 0 Å². The Morgan fingerprint density at radius 3 is 2.76 bits per heavy atom. The number of rotatable bonds is 4. The molecule has 0 saturated carbocycles. The third kappa shape index (κ3) is 3.46. The number of hydrogen-bond acceptors (Lipinski definition) is 3. The number of benzene rings is 1. The monoisotopic (exact) mass is 300 g/mol. The number of thiazole rings is 1. The zero-order valence-electron chi connectivity index (χ0n) is 13.0. The van der Waals surface area contributed by atoms with E-state index in [-0.39, 0.29) is 0 Å². The maximum Gasteiger partial charge on any atom is 0.112 e. The molecule has 3 heteroatoms. The Hall–Kier alpha value is -1.35. The maximum atomic E-state index is 4.61. The summed E-state index contributed by atoms with van der Waals surface area (Å²) in [5, 5.41) is 2.62. The lowest BCUT2D eigenvalue weighted by Gasteiger charge is -2.36. The molecule has 0 spiro atoms. The first-order valence-electron chi connectivity index (χ1n) is 8.00. The van der Waals surface area contributed by atoms with Gasteiger partial charge in [0.1, 0.15) is 5.00 Å². The SMILES string of the molecule is CC(C)c1ncc(N2CCCCC2Cc2ccccc2)s1. The van der Waals surface area contributed by atoms with Crippen LogP contribution in [0.25, 0.3) is 0 Å². The van der Waals surface area contributed by atoms with E-state index in [2.05, 4.69) is 60.3 Å². The van der Waals surface area contributed by atoms with Crippen LogP contribution in [0.4, 0.5) is 5.00 Å². The van der Waals surface area contributed by atoms with Gasteiger partial charge < -0.3 is 4.90 Å². The highest BCUT2D eigenvalue weighted by Crippen LogP contribution is 2.33. The van der Waals surface area contributed by atoms with Gasteiger partial charge in [-0.05, 0) is 31.2 Å². The zero-order valence-corrected chi connectivity index (χ0v) is 13.8. The maximum absolute atomic E-state index is 4.61. The van der Waals surface area contributed by atoms with Crippen LogP contribution in [0.3, 0.4) is 0 Å². The van der Waals surface area contributed by atoms with Crippen molar-refractivity contribution in [3.8, 4) is 0 Å². The number of aromatic nitrogens is 1. The van der Waals surface area contributed by atoms with E-state index < -0.39 is 0 Å². The molecule has 2 heterocycles.